The first-order valence-corrected chi connectivity index (χ1v) is 9.42. The van der Waals surface area contributed by atoms with Gasteiger partial charge in [0, 0.05) is 43.9 Å². The summed E-state index contributed by atoms with van der Waals surface area (Å²) in [5, 5.41) is 5.40. The summed E-state index contributed by atoms with van der Waals surface area (Å²) >= 11 is 0. The van der Waals surface area contributed by atoms with Crippen molar-refractivity contribution in [3.63, 3.8) is 0 Å². The highest BCUT2D eigenvalue weighted by Gasteiger charge is 2.33. The Morgan fingerprint density at radius 2 is 1.46 bits per heavy atom. The number of benzene rings is 1. The van der Waals surface area contributed by atoms with E-state index >= 15 is 0 Å². The number of hydrogen-bond acceptors (Lipinski definition) is 3. The van der Waals surface area contributed by atoms with Gasteiger partial charge < -0.3 is 15.5 Å². The van der Waals surface area contributed by atoms with E-state index in [0.717, 1.165) is 25.4 Å². The van der Waals surface area contributed by atoms with Gasteiger partial charge in [-0.2, -0.15) is 0 Å². The van der Waals surface area contributed by atoms with Crippen LogP contribution in [0, 0.1) is 11.8 Å². The van der Waals surface area contributed by atoms with Crippen molar-refractivity contribution >= 4 is 29.1 Å². The minimum Gasteiger partial charge on any atom is -0.338 e. The molecule has 6 nitrogen and oxygen atoms in total. The molecular formula is C20H27N3O3. The maximum Gasteiger partial charge on any atom is 0.254 e. The number of carbonyl (C=O) groups excluding carboxylic acids is 3. The minimum absolute atomic E-state index is 0.0344. The Morgan fingerprint density at radius 3 is 2.04 bits per heavy atom. The average molecular weight is 357 g/mol. The Labute approximate surface area is 154 Å². The van der Waals surface area contributed by atoms with E-state index in [4.69, 9.17) is 0 Å². The van der Waals surface area contributed by atoms with Gasteiger partial charge in [0.1, 0.15) is 0 Å². The maximum absolute atomic E-state index is 13.1. The van der Waals surface area contributed by atoms with Gasteiger partial charge in [0.05, 0.1) is 0 Å². The van der Waals surface area contributed by atoms with Gasteiger partial charge in [-0.15, -0.1) is 0 Å². The molecule has 0 unspecified atom stereocenters. The van der Waals surface area contributed by atoms with Crippen molar-refractivity contribution in [3.05, 3.63) is 23.8 Å². The first kappa shape index (κ1) is 18.4. The lowest BCUT2D eigenvalue weighted by atomic mass is 9.75. The molecule has 0 aromatic heterocycles. The van der Waals surface area contributed by atoms with Gasteiger partial charge in [-0.05, 0) is 42.9 Å². The number of hydrogen-bond donors (Lipinski definition) is 2. The molecule has 1 aliphatic heterocycles. The van der Waals surface area contributed by atoms with Crippen molar-refractivity contribution in [2.24, 2.45) is 11.8 Å². The molecule has 140 valence electrons. The van der Waals surface area contributed by atoms with Crippen LogP contribution < -0.4 is 10.6 Å². The summed E-state index contributed by atoms with van der Waals surface area (Å²) in [5.74, 6) is 0.897. The zero-order chi connectivity index (χ0) is 18.7. The molecule has 1 aliphatic carbocycles. The minimum atomic E-state index is -0.216. The second-order valence-electron chi connectivity index (χ2n) is 7.51. The molecule has 1 aromatic rings. The molecule has 26 heavy (non-hydrogen) atoms. The van der Waals surface area contributed by atoms with Gasteiger partial charge >= 0.3 is 0 Å². The number of likely N-dealkylation sites (tertiary alicyclic amines) is 1. The van der Waals surface area contributed by atoms with Crippen molar-refractivity contribution in [1.82, 2.24) is 4.90 Å². The second-order valence-corrected chi connectivity index (χ2v) is 7.51. The topological polar surface area (TPSA) is 78.5 Å². The average Bonchev–Trinajstić information content (AvgIpc) is 2.59. The van der Waals surface area contributed by atoms with Crippen molar-refractivity contribution < 1.29 is 14.4 Å². The number of amides is 3. The van der Waals surface area contributed by atoms with Crippen molar-refractivity contribution in [3.8, 4) is 0 Å². The van der Waals surface area contributed by atoms with Gasteiger partial charge in [-0.25, -0.2) is 0 Å². The van der Waals surface area contributed by atoms with Crippen LogP contribution in [0.2, 0.25) is 0 Å². The molecule has 3 rings (SSSR count). The smallest absolute Gasteiger partial charge is 0.254 e. The highest BCUT2D eigenvalue weighted by Crippen LogP contribution is 2.36. The molecule has 0 bridgehead atoms. The molecule has 1 saturated heterocycles. The largest absolute Gasteiger partial charge is 0.338 e. The fraction of sp³-hybridized carbons (Fsp3) is 0.550. The number of carbonyl (C=O) groups is 3. The number of rotatable bonds is 3. The van der Waals surface area contributed by atoms with Gasteiger partial charge in [-0.1, -0.05) is 19.3 Å². The lowest BCUT2D eigenvalue weighted by Gasteiger charge is -2.41. The van der Waals surface area contributed by atoms with Crippen LogP contribution >= 0.6 is 0 Å². The van der Waals surface area contributed by atoms with E-state index in [-0.39, 0.29) is 17.7 Å². The van der Waals surface area contributed by atoms with E-state index < -0.39 is 0 Å². The molecule has 1 heterocycles. The van der Waals surface area contributed by atoms with Crippen molar-refractivity contribution in [2.75, 3.05) is 23.7 Å². The third kappa shape index (κ3) is 4.42. The SMILES string of the molecule is CC(=O)Nc1cc(NC(C)=O)cc(C(=O)N2CC[C@H]3CCCC[C@@H]3C2)c1. The Kier molecular flexibility index (Phi) is 5.59. The number of anilines is 2. The summed E-state index contributed by atoms with van der Waals surface area (Å²) in [4.78, 5) is 37.8. The monoisotopic (exact) mass is 357 g/mol. The summed E-state index contributed by atoms with van der Waals surface area (Å²) in [6.07, 6.45) is 6.14. The van der Waals surface area contributed by atoms with E-state index in [2.05, 4.69) is 10.6 Å². The molecule has 1 aromatic carbocycles. The predicted octanol–water partition coefficient (Wildman–Crippen LogP) is 3.26. The molecule has 6 heteroatoms. The maximum atomic E-state index is 13.1. The first-order valence-electron chi connectivity index (χ1n) is 9.42. The summed E-state index contributed by atoms with van der Waals surface area (Å²) < 4.78 is 0. The lowest BCUT2D eigenvalue weighted by molar-refractivity contribution is -0.115. The van der Waals surface area contributed by atoms with Crippen LogP contribution in [0.15, 0.2) is 18.2 Å². The van der Waals surface area contributed by atoms with Crippen LogP contribution in [0.25, 0.3) is 0 Å². The van der Waals surface area contributed by atoms with Crippen LogP contribution in [0.3, 0.4) is 0 Å². The third-order valence-electron chi connectivity index (χ3n) is 5.40. The van der Waals surface area contributed by atoms with Gasteiger partial charge in [0.15, 0.2) is 0 Å². The van der Waals surface area contributed by atoms with E-state index in [1.807, 2.05) is 4.90 Å². The fourth-order valence-electron chi connectivity index (χ4n) is 4.27. The zero-order valence-electron chi connectivity index (χ0n) is 15.5. The highest BCUT2D eigenvalue weighted by atomic mass is 16.2. The van der Waals surface area contributed by atoms with E-state index in [9.17, 15) is 14.4 Å². The Bertz CT molecular complexity index is 682. The van der Waals surface area contributed by atoms with Crippen LogP contribution in [0.1, 0.15) is 56.3 Å². The van der Waals surface area contributed by atoms with Crippen LogP contribution in [0.4, 0.5) is 11.4 Å². The van der Waals surface area contributed by atoms with Gasteiger partial charge in [-0.3, -0.25) is 14.4 Å². The van der Waals surface area contributed by atoms with Crippen LogP contribution in [-0.2, 0) is 9.59 Å². The molecule has 1 saturated carbocycles. The molecule has 3 amide bonds. The third-order valence-corrected chi connectivity index (χ3v) is 5.40. The molecular weight excluding hydrogens is 330 g/mol. The zero-order valence-corrected chi connectivity index (χ0v) is 15.5. The highest BCUT2D eigenvalue weighted by molar-refractivity contribution is 6.00. The Morgan fingerprint density at radius 1 is 0.885 bits per heavy atom. The first-order chi connectivity index (χ1) is 12.4. The molecule has 2 N–H and O–H groups in total. The van der Waals surface area contributed by atoms with Gasteiger partial charge in [0.2, 0.25) is 11.8 Å². The predicted molar refractivity (Wildman–Crippen MR) is 101 cm³/mol. The molecule has 2 fully saturated rings. The van der Waals surface area contributed by atoms with Crippen molar-refractivity contribution in [1.29, 1.82) is 0 Å². The number of piperidine rings is 1. The molecule has 2 aliphatic rings. The second kappa shape index (κ2) is 7.89. The fourth-order valence-corrected chi connectivity index (χ4v) is 4.27. The van der Waals surface area contributed by atoms with E-state index in [1.165, 1.54) is 39.5 Å². The standard InChI is InChI=1S/C20H27N3O3/c1-13(24)21-18-9-17(10-19(11-18)22-14(2)25)20(26)23-8-7-15-5-3-4-6-16(15)12-23/h9-11,15-16H,3-8,12H2,1-2H3,(H,21,24)(H,22,25)/t15-,16-/m1/s1. The summed E-state index contributed by atoms with van der Waals surface area (Å²) in [7, 11) is 0. The summed E-state index contributed by atoms with van der Waals surface area (Å²) in [6, 6.07) is 5.02. The summed E-state index contributed by atoms with van der Waals surface area (Å²) in [5.41, 5.74) is 1.52. The summed E-state index contributed by atoms with van der Waals surface area (Å²) in [6.45, 7) is 4.42. The van der Waals surface area contributed by atoms with E-state index in [1.54, 1.807) is 18.2 Å². The normalized spacial score (nSPS) is 22.3. The quantitative estimate of drug-likeness (QED) is 0.871. The number of fused-ring (bicyclic) bond motifs is 1. The number of nitrogens with one attached hydrogen (secondary N) is 2. The Balaban J connectivity index is 1.80. The van der Waals surface area contributed by atoms with Crippen LogP contribution in [0.5, 0.6) is 0 Å². The van der Waals surface area contributed by atoms with Crippen LogP contribution in [-0.4, -0.2) is 35.7 Å². The molecule has 2 atom stereocenters. The van der Waals surface area contributed by atoms with Crippen molar-refractivity contribution in [2.45, 2.75) is 46.0 Å². The Hall–Kier alpha value is -2.37. The number of nitrogens with zero attached hydrogens (tertiary/aromatic N) is 1. The van der Waals surface area contributed by atoms with E-state index in [0.29, 0.717) is 22.9 Å². The molecule has 0 radical (unpaired) electrons. The lowest BCUT2D eigenvalue weighted by Crippen LogP contribution is -2.44. The van der Waals surface area contributed by atoms with Gasteiger partial charge in [0.25, 0.3) is 5.91 Å². The molecule has 0 spiro atoms.